The third-order valence-electron chi connectivity index (χ3n) is 21.4. The minimum atomic E-state index is 0.278. The molecule has 548 valence electrons. The lowest BCUT2D eigenvalue weighted by Gasteiger charge is -2.12. The van der Waals surface area contributed by atoms with Crippen molar-refractivity contribution in [2.24, 2.45) is 0 Å². The molecule has 0 fully saturated rings. The lowest BCUT2D eigenvalue weighted by atomic mass is 9.93. The van der Waals surface area contributed by atoms with Crippen LogP contribution in [-0.2, 0) is 0 Å². The fourth-order valence-corrected chi connectivity index (χ4v) is 21.4. The lowest BCUT2D eigenvalue weighted by molar-refractivity contribution is 1.24. The molecule has 0 spiro atoms. The zero-order valence-electron chi connectivity index (χ0n) is 61.1. The van der Waals surface area contributed by atoms with Crippen LogP contribution >= 0.6 is 91.8 Å². The number of rotatable bonds is 6. The average Bonchev–Trinajstić information content (AvgIpc) is 1.49. The molecule has 24 rings (SSSR count). The van der Waals surface area contributed by atoms with E-state index in [4.69, 9.17) is 56.4 Å². The zero-order chi connectivity index (χ0) is 77.5. The van der Waals surface area contributed by atoms with Gasteiger partial charge in [0.2, 0.25) is 21.1 Å². The molecule has 0 aliphatic rings. The maximum atomic E-state index is 6.36. The van der Waals surface area contributed by atoms with Gasteiger partial charge in [-0.3, -0.25) is 0 Å². The van der Waals surface area contributed by atoms with Crippen LogP contribution in [0.25, 0.3) is 213 Å². The van der Waals surface area contributed by atoms with Crippen LogP contribution in [0.2, 0.25) is 21.1 Å². The van der Waals surface area contributed by atoms with Crippen molar-refractivity contribution in [1.82, 2.24) is 39.9 Å². The molecular formula is C100H56Cl4N8S4. The number of benzene rings is 16. The second kappa shape index (κ2) is 30.0. The Morgan fingerprint density at radius 1 is 0.172 bits per heavy atom. The summed E-state index contributed by atoms with van der Waals surface area (Å²) in [5.41, 5.74) is 12.7. The van der Waals surface area contributed by atoms with Gasteiger partial charge < -0.3 is 0 Å². The molecule has 0 radical (unpaired) electrons. The number of fused-ring (bicyclic) bond motifs is 20. The minimum absolute atomic E-state index is 0.278. The second-order valence-electron chi connectivity index (χ2n) is 28.1. The molecule has 0 N–H and O–H groups in total. The number of thiophene rings is 4. The van der Waals surface area contributed by atoms with Gasteiger partial charge in [-0.05, 0) is 182 Å². The molecular weight excluding hydrogens is 1580 g/mol. The Morgan fingerprint density at radius 3 is 0.974 bits per heavy atom. The molecule has 0 aliphatic heterocycles. The summed E-state index contributed by atoms with van der Waals surface area (Å²) in [4.78, 5) is 40.3. The first-order valence-corrected chi connectivity index (χ1v) is 42.3. The van der Waals surface area contributed by atoms with E-state index >= 15 is 0 Å². The van der Waals surface area contributed by atoms with Gasteiger partial charge in [0.15, 0.2) is 0 Å². The Balaban J connectivity index is 0.0000000967. The van der Waals surface area contributed by atoms with Gasteiger partial charge in [0.05, 0.1) is 22.8 Å². The van der Waals surface area contributed by atoms with Gasteiger partial charge in [-0.2, -0.15) is 0 Å². The third kappa shape index (κ3) is 13.0. The number of aromatic nitrogens is 8. The van der Waals surface area contributed by atoms with Crippen molar-refractivity contribution in [2.75, 3.05) is 0 Å². The van der Waals surface area contributed by atoms with Crippen LogP contribution in [-0.4, -0.2) is 39.9 Å². The lowest BCUT2D eigenvalue weighted by Crippen LogP contribution is -1.91. The minimum Gasteiger partial charge on any atom is -0.217 e. The highest BCUT2D eigenvalue weighted by Gasteiger charge is 2.23. The second-order valence-corrected chi connectivity index (χ2v) is 33.6. The first kappa shape index (κ1) is 71.2. The van der Waals surface area contributed by atoms with Gasteiger partial charge in [-0.25, -0.2) is 39.9 Å². The molecule has 116 heavy (non-hydrogen) atoms. The molecule has 0 atom stereocenters. The van der Waals surface area contributed by atoms with Crippen molar-refractivity contribution >= 4 is 238 Å². The van der Waals surface area contributed by atoms with Gasteiger partial charge >= 0.3 is 0 Å². The number of hydrogen-bond donors (Lipinski definition) is 0. The zero-order valence-corrected chi connectivity index (χ0v) is 67.3. The fourth-order valence-electron chi connectivity index (χ4n) is 16.2. The van der Waals surface area contributed by atoms with Crippen LogP contribution in [0.4, 0.5) is 0 Å². The van der Waals surface area contributed by atoms with E-state index in [0.717, 1.165) is 91.3 Å². The normalized spacial score (nSPS) is 11.6. The van der Waals surface area contributed by atoms with Gasteiger partial charge in [0.25, 0.3) is 0 Å². The summed E-state index contributed by atoms with van der Waals surface area (Å²) in [6.45, 7) is 0. The van der Waals surface area contributed by atoms with Gasteiger partial charge in [0.1, 0.15) is 19.3 Å². The highest BCUT2D eigenvalue weighted by atomic mass is 35.5. The molecule has 24 aromatic rings. The maximum absolute atomic E-state index is 6.36. The fraction of sp³-hybridized carbons (Fsp3) is 0. The molecule has 0 amide bonds. The molecule has 8 aromatic heterocycles. The predicted octanol–water partition coefficient (Wildman–Crippen LogP) is 30.9. The highest BCUT2D eigenvalue weighted by Crippen LogP contribution is 2.47. The van der Waals surface area contributed by atoms with Crippen LogP contribution in [0.1, 0.15) is 0 Å². The van der Waals surface area contributed by atoms with Crippen LogP contribution in [0.3, 0.4) is 0 Å². The van der Waals surface area contributed by atoms with Crippen molar-refractivity contribution in [3.63, 3.8) is 0 Å². The number of halogens is 4. The Morgan fingerprint density at radius 2 is 0.474 bits per heavy atom. The maximum Gasteiger partial charge on any atom is 0.224 e. The predicted molar refractivity (Wildman–Crippen MR) is 497 cm³/mol. The standard InChI is InChI=1S/2C26H15ClN2S.2C24H13ClN2S/c27-26-28-24(23-21-12-6-7-13-22(21)30-25(23)29-26)20-15-14-17(16-8-2-1-3-9-16)18-10-4-5-11-19(18)20;27-26-28-24(23-21-8-4-5-9-22(21)30-25(23)29-26)20-13-12-18-14-17(10-11-19(18)15-20)16-6-2-1-3-7-16;25-24-26-22(21-18-11-5-6-12-20(18)28-23(21)27-24)19-13-14-7-1-2-8-15(14)16-9-3-4-10-17(16)19;25-24-26-22(21-19-7-3-4-8-20(19)28-23(21)27-24)16-11-12-18-15(13-16)10-9-14-5-1-2-6-17(14)18/h2*1-15H;2*1-13H. The molecule has 0 unspecified atom stereocenters. The molecule has 0 saturated carbocycles. The smallest absolute Gasteiger partial charge is 0.217 e. The molecule has 16 aromatic carbocycles. The van der Waals surface area contributed by atoms with E-state index in [1.807, 2.05) is 24.3 Å². The van der Waals surface area contributed by atoms with Crippen molar-refractivity contribution in [3.8, 4) is 67.3 Å². The quantitative estimate of drug-likeness (QED) is 0.120. The van der Waals surface area contributed by atoms with Gasteiger partial charge in [-0.1, -0.05) is 291 Å². The highest BCUT2D eigenvalue weighted by molar-refractivity contribution is 7.26. The average molecular weight is 1640 g/mol. The molecule has 8 nitrogen and oxygen atoms in total. The summed E-state index contributed by atoms with van der Waals surface area (Å²) in [5, 5.41) is 24.6. The van der Waals surface area contributed by atoms with E-state index in [-0.39, 0.29) is 21.1 Å². The van der Waals surface area contributed by atoms with Crippen LogP contribution in [0, 0.1) is 0 Å². The van der Waals surface area contributed by atoms with E-state index in [9.17, 15) is 0 Å². The molecule has 0 bridgehead atoms. The summed E-state index contributed by atoms with van der Waals surface area (Å²) in [5.74, 6) is 0. The van der Waals surface area contributed by atoms with Crippen LogP contribution in [0.15, 0.2) is 340 Å². The van der Waals surface area contributed by atoms with E-state index in [2.05, 4.69) is 345 Å². The Kier molecular flexibility index (Phi) is 18.4. The van der Waals surface area contributed by atoms with Crippen molar-refractivity contribution in [1.29, 1.82) is 0 Å². The number of nitrogens with zero attached hydrogens (tertiary/aromatic N) is 8. The van der Waals surface area contributed by atoms with Crippen molar-refractivity contribution in [3.05, 3.63) is 361 Å². The molecule has 0 aliphatic carbocycles. The first-order valence-electron chi connectivity index (χ1n) is 37.5. The summed E-state index contributed by atoms with van der Waals surface area (Å²) in [7, 11) is 0. The first-order chi connectivity index (χ1) is 57.1. The van der Waals surface area contributed by atoms with E-state index in [1.54, 1.807) is 45.3 Å². The van der Waals surface area contributed by atoms with Gasteiger partial charge in [0, 0.05) is 84.1 Å². The van der Waals surface area contributed by atoms with Crippen molar-refractivity contribution in [2.45, 2.75) is 0 Å². The van der Waals surface area contributed by atoms with Crippen molar-refractivity contribution < 1.29 is 0 Å². The van der Waals surface area contributed by atoms with E-state index in [1.165, 1.54) is 122 Å². The van der Waals surface area contributed by atoms with Gasteiger partial charge in [-0.15, -0.1) is 45.3 Å². The molecule has 0 saturated heterocycles. The third-order valence-corrected chi connectivity index (χ3v) is 26.3. The van der Waals surface area contributed by atoms with E-state index < -0.39 is 0 Å². The molecule has 8 heterocycles. The van der Waals surface area contributed by atoms with E-state index in [0.29, 0.717) is 0 Å². The largest absolute Gasteiger partial charge is 0.224 e. The van der Waals surface area contributed by atoms with Crippen LogP contribution < -0.4 is 0 Å². The van der Waals surface area contributed by atoms with Crippen LogP contribution in [0.5, 0.6) is 0 Å². The summed E-state index contributed by atoms with van der Waals surface area (Å²) >= 11 is 31.9. The summed E-state index contributed by atoms with van der Waals surface area (Å²) in [6, 6.07) is 119. The summed E-state index contributed by atoms with van der Waals surface area (Å²) < 4.78 is 4.77. The topological polar surface area (TPSA) is 103 Å². The Labute approximate surface area is 699 Å². The number of hydrogen-bond acceptors (Lipinski definition) is 12. The Hall–Kier alpha value is -12.6. The molecule has 16 heteroatoms. The Bertz CT molecular complexity index is 8070. The monoisotopic (exact) mass is 1640 g/mol. The SMILES string of the molecule is Clc1nc(-c2cc3ccccc3c3ccccc23)c2c(n1)sc1ccccc12.Clc1nc(-c2ccc(-c3ccccc3)c3ccccc23)c2c(n1)sc1ccccc12.Clc1nc(-c2ccc3c(ccc4ccccc43)c2)c2c(n1)sc1ccccc12.Clc1nc(-c2ccc3cc(-c4ccccc4)ccc3c2)c2c(n1)sc1ccccc12. The summed E-state index contributed by atoms with van der Waals surface area (Å²) in [6.07, 6.45) is 0.